The van der Waals surface area contributed by atoms with Gasteiger partial charge in [-0.1, -0.05) is 173 Å². The van der Waals surface area contributed by atoms with Gasteiger partial charge in [-0.2, -0.15) is 0 Å². The Morgan fingerprint density at radius 3 is 1.17 bits per heavy atom. The minimum Gasteiger partial charge on any atom is -0.497 e. The van der Waals surface area contributed by atoms with E-state index in [1.54, 1.807) is 38.5 Å². The van der Waals surface area contributed by atoms with Crippen LogP contribution in [0.3, 0.4) is 0 Å². The maximum Gasteiger partial charge on any atom is 0.323 e. The van der Waals surface area contributed by atoms with Gasteiger partial charge in [0.25, 0.3) is 0 Å². The number of ether oxygens (including phenoxy) is 2. The maximum atomic E-state index is 13.9. The topological polar surface area (TPSA) is 118 Å². The van der Waals surface area contributed by atoms with E-state index in [2.05, 4.69) is 170 Å². The number of nitrogens with one attached hydrogen (secondary N) is 4. The second kappa shape index (κ2) is 26.7. The van der Waals surface area contributed by atoms with E-state index in [1.165, 1.54) is 0 Å². The third kappa shape index (κ3) is 16.2. The molecule has 83 heavy (non-hydrogen) atoms. The van der Waals surface area contributed by atoms with E-state index >= 15 is 0 Å². The molecule has 0 aliphatic rings. The predicted molar refractivity (Wildman–Crippen MR) is 343 cm³/mol. The number of benzene rings is 7. The second-order valence-electron chi connectivity index (χ2n) is 24.0. The highest BCUT2D eigenvalue weighted by Crippen LogP contribution is 2.33. The molecule has 0 fully saturated rings. The van der Waals surface area contributed by atoms with Crippen LogP contribution in [0.4, 0.5) is 32.3 Å². The molecule has 0 heterocycles. The summed E-state index contributed by atoms with van der Waals surface area (Å²) < 4.78 is 10.7. The lowest BCUT2D eigenvalue weighted by Crippen LogP contribution is -2.20. The van der Waals surface area contributed by atoms with E-state index in [0.29, 0.717) is 58.9 Å². The fraction of sp³-hybridized carbons (Fsp3) is 0.311. The summed E-state index contributed by atoms with van der Waals surface area (Å²) >= 11 is 0. The highest BCUT2D eigenvalue weighted by molar-refractivity contribution is 6.01. The molecule has 0 atom stereocenters. The van der Waals surface area contributed by atoms with Crippen molar-refractivity contribution in [2.45, 2.75) is 138 Å². The first kappa shape index (κ1) is 61.6. The van der Waals surface area contributed by atoms with Crippen molar-refractivity contribution in [3.8, 4) is 47.0 Å². The van der Waals surface area contributed by atoms with Gasteiger partial charge in [-0.25, -0.2) is 9.59 Å². The summed E-state index contributed by atoms with van der Waals surface area (Å²) in [5.74, 6) is 23.4. The summed E-state index contributed by atoms with van der Waals surface area (Å²) in [4.78, 5) is 41.3. The van der Waals surface area contributed by atoms with Crippen molar-refractivity contribution < 1.29 is 23.9 Å². The average Bonchev–Trinajstić information content (AvgIpc) is 3.16. The van der Waals surface area contributed by atoms with Crippen LogP contribution in [-0.2, 0) is 53.1 Å². The first-order chi connectivity index (χ1) is 39.4. The number of hydrogen-bond donors (Lipinski definition) is 4. The fourth-order valence-electron chi connectivity index (χ4n) is 9.71. The van der Waals surface area contributed by atoms with Crippen molar-refractivity contribution in [3.05, 3.63) is 211 Å². The Morgan fingerprint density at radius 1 is 0.422 bits per heavy atom. The Bertz CT molecular complexity index is 3550. The highest BCUT2D eigenvalue weighted by Gasteiger charge is 2.23. The summed E-state index contributed by atoms with van der Waals surface area (Å²) in [5, 5.41) is 12.1. The molecule has 4 N–H and O–H groups in total. The normalized spacial score (nSPS) is 11.2. The highest BCUT2D eigenvalue weighted by atomic mass is 16.5. The lowest BCUT2D eigenvalue weighted by atomic mass is 9.82. The monoisotopic (exact) mass is 1100 g/mol. The molecule has 0 saturated carbocycles. The van der Waals surface area contributed by atoms with Crippen molar-refractivity contribution in [3.63, 3.8) is 0 Å². The van der Waals surface area contributed by atoms with Gasteiger partial charge in [-0.05, 0) is 166 Å². The maximum absolute atomic E-state index is 13.9. The minimum atomic E-state index is -0.415. The first-order valence-electron chi connectivity index (χ1n) is 28.6. The molecule has 0 bridgehead atoms. The van der Waals surface area contributed by atoms with E-state index in [1.807, 2.05) is 79.7 Å². The van der Waals surface area contributed by atoms with Crippen molar-refractivity contribution in [2.75, 3.05) is 35.5 Å². The Balaban J connectivity index is 1.45. The van der Waals surface area contributed by atoms with Crippen LogP contribution in [0.25, 0.3) is 0 Å². The van der Waals surface area contributed by atoms with Crippen LogP contribution in [0.1, 0.15) is 167 Å². The van der Waals surface area contributed by atoms with Gasteiger partial charge >= 0.3 is 12.1 Å². The molecule has 0 saturated heterocycles. The van der Waals surface area contributed by atoms with Gasteiger partial charge in [0.05, 0.1) is 25.6 Å². The van der Waals surface area contributed by atoms with E-state index < -0.39 is 6.03 Å². The predicted octanol–water partition coefficient (Wildman–Crippen LogP) is 16.4. The number of Topliss-reactive ketones (excluding diaryl/α,β-unsaturated/α-hetero) is 1. The van der Waals surface area contributed by atoms with Crippen LogP contribution < -0.4 is 30.7 Å². The molecule has 0 radical (unpaired) electrons. The Morgan fingerprint density at radius 2 is 0.783 bits per heavy atom. The van der Waals surface area contributed by atoms with Crippen molar-refractivity contribution in [1.82, 2.24) is 0 Å². The summed E-state index contributed by atoms with van der Waals surface area (Å²) in [6.07, 6.45) is 2.29. The number of hydrogen-bond acceptors (Lipinski definition) is 5. The number of aryl methyl sites for hydroxylation is 1. The molecule has 0 aromatic heterocycles. The number of urea groups is 2. The van der Waals surface area contributed by atoms with Crippen LogP contribution in [0.2, 0.25) is 0 Å². The zero-order valence-corrected chi connectivity index (χ0v) is 51.2. The summed E-state index contributed by atoms with van der Waals surface area (Å²) in [7, 11) is 3.23. The van der Waals surface area contributed by atoms with Crippen LogP contribution >= 0.6 is 0 Å². The SMILES string of the molecule is CCc1c(C#Cc2cc(C(C)(C)C)ccc2CC(=O)Cc2ccc(OC)cc2)c(CC)c(C#Cc2cc(C(C)(C)C)ccc2NC(=O)Nc2ccc(OC)cc2)c(CC)c1C#Cc1cc(C(C)(C)C)ccc1NC(=O)Nc1ccc(C)cc1. The average molecular weight is 1110 g/mol. The lowest BCUT2D eigenvalue weighted by molar-refractivity contribution is -0.117. The van der Waals surface area contributed by atoms with Gasteiger partial charge in [0, 0.05) is 57.6 Å². The molecule has 0 unspecified atom stereocenters. The molecule has 426 valence electrons. The summed E-state index contributed by atoms with van der Waals surface area (Å²) in [6.45, 7) is 27.9. The smallest absolute Gasteiger partial charge is 0.323 e. The van der Waals surface area contributed by atoms with E-state index in [9.17, 15) is 14.4 Å². The van der Waals surface area contributed by atoms with Crippen LogP contribution in [-0.4, -0.2) is 32.1 Å². The van der Waals surface area contributed by atoms with Gasteiger partial charge in [0.15, 0.2) is 0 Å². The number of rotatable bonds is 13. The minimum absolute atomic E-state index is 0.0762. The number of carbonyl (C=O) groups is 3. The van der Waals surface area contributed by atoms with Gasteiger partial charge in [0.1, 0.15) is 17.3 Å². The van der Waals surface area contributed by atoms with Gasteiger partial charge < -0.3 is 30.7 Å². The van der Waals surface area contributed by atoms with Crippen molar-refractivity contribution in [1.29, 1.82) is 0 Å². The van der Waals surface area contributed by atoms with Gasteiger partial charge in [-0.3, -0.25) is 4.79 Å². The molecule has 0 aliphatic heterocycles. The molecule has 7 rings (SSSR count). The molecule has 7 aromatic carbocycles. The zero-order valence-electron chi connectivity index (χ0n) is 51.2. The quantitative estimate of drug-likeness (QED) is 0.0858. The van der Waals surface area contributed by atoms with E-state index in [4.69, 9.17) is 9.47 Å². The Hall–Kier alpha value is -8.97. The Kier molecular flexibility index (Phi) is 19.9. The van der Waals surface area contributed by atoms with Crippen molar-refractivity contribution >= 4 is 40.6 Å². The van der Waals surface area contributed by atoms with Crippen LogP contribution in [0, 0.1) is 42.4 Å². The molecule has 0 aliphatic carbocycles. The molecule has 9 nitrogen and oxygen atoms in total. The standard InChI is InChI=1S/C74H80N4O5/c1-16-62-65(38-24-50-44-54(72(5,6)7)27-23-51(50)47-59(79)43-49-21-34-60(82-14)35-22-49)63(17-2)67(40-26-53-46-56(74(11,12)13)29-42-69(53)78-71(81)76-58-32-36-61(83-15)37-33-58)64(18-3)66(62)39-25-52-45-55(73(8,9)10)28-41-68(52)77-70(80)75-57-30-19-48(4)20-31-57/h19-23,27-37,41-42,44-46H,16-18,43,47H2,1-15H3,(H2,75,77,80)(H2,76,78,81). The number of amides is 4. The van der Waals surface area contributed by atoms with E-state index in [-0.39, 0.29) is 40.9 Å². The van der Waals surface area contributed by atoms with Crippen molar-refractivity contribution in [2.24, 2.45) is 0 Å². The number of carbonyl (C=O) groups excluding carboxylic acids is 3. The largest absolute Gasteiger partial charge is 0.497 e. The molecular formula is C74H80N4O5. The number of methoxy groups -OCH3 is 2. The zero-order chi connectivity index (χ0) is 60.2. The second-order valence-corrected chi connectivity index (χ2v) is 24.0. The van der Waals surface area contributed by atoms with Crippen LogP contribution in [0.5, 0.6) is 11.5 Å². The summed E-state index contributed by atoms with van der Waals surface area (Å²) in [6, 6.07) is 40.0. The van der Waals surface area contributed by atoms with E-state index in [0.717, 1.165) is 78.1 Å². The van der Waals surface area contributed by atoms with Gasteiger partial charge in [0.2, 0.25) is 0 Å². The first-order valence-corrected chi connectivity index (χ1v) is 28.6. The van der Waals surface area contributed by atoms with Crippen LogP contribution in [0.15, 0.2) is 127 Å². The molecular weight excluding hydrogens is 1020 g/mol. The molecule has 7 aromatic rings. The summed E-state index contributed by atoms with van der Waals surface area (Å²) in [5.41, 5.74) is 15.3. The molecule has 4 amide bonds. The number of ketones is 1. The third-order valence-corrected chi connectivity index (χ3v) is 14.7. The molecule has 0 spiro atoms. The Labute approximate surface area is 493 Å². The fourth-order valence-corrected chi connectivity index (χ4v) is 9.71. The van der Waals surface area contributed by atoms with Gasteiger partial charge in [-0.15, -0.1) is 0 Å². The third-order valence-electron chi connectivity index (χ3n) is 14.7. The molecule has 9 heteroatoms. The lowest BCUT2D eigenvalue weighted by Gasteiger charge is -2.21. The number of anilines is 4.